The van der Waals surface area contributed by atoms with Gasteiger partial charge in [-0.05, 0) is 43.8 Å². The Kier molecular flexibility index (Phi) is 7.46. The topological polar surface area (TPSA) is 52.6 Å². The number of hydrogen-bond acceptors (Lipinski definition) is 5. The van der Waals surface area contributed by atoms with Crippen LogP contribution in [-0.2, 0) is 12.8 Å². The summed E-state index contributed by atoms with van der Waals surface area (Å²) in [5.41, 5.74) is 0. The summed E-state index contributed by atoms with van der Waals surface area (Å²) in [5.74, 6) is 0.873. The molecule has 26 heavy (non-hydrogen) atoms. The van der Waals surface area contributed by atoms with E-state index in [0.29, 0.717) is 6.04 Å². The Hall–Kier alpha value is -1.44. The highest BCUT2D eigenvalue weighted by Gasteiger charge is 2.24. The molecule has 2 aromatic rings. The van der Waals surface area contributed by atoms with E-state index in [1.807, 2.05) is 35.9 Å². The number of hydrogen-bond donors (Lipinski definition) is 2. The van der Waals surface area contributed by atoms with Gasteiger partial charge in [-0.25, -0.2) is 4.98 Å². The van der Waals surface area contributed by atoms with Crippen molar-refractivity contribution < 1.29 is 0 Å². The Morgan fingerprint density at radius 2 is 2.19 bits per heavy atom. The molecule has 0 amide bonds. The Balaban J connectivity index is 1.48. The molecular weight excluding hydrogens is 362 g/mol. The lowest BCUT2D eigenvalue weighted by Crippen LogP contribution is -2.43. The van der Waals surface area contributed by atoms with Crippen LogP contribution >= 0.6 is 22.7 Å². The summed E-state index contributed by atoms with van der Waals surface area (Å²) in [6.45, 7) is 6.30. The van der Waals surface area contributed by atoms with Gasteiger partial charge in [-0.15, -0.1) is 22.7 Å². The van der Waals surface area contributed by atoms with Crippen LogP contribution in [0.3, 0.4) is 0 Å². The van der Waals surface area contributed by atoms with Crippen LogP contribution in [0.1, 0.15) is 40.6 Å². The van der Waals surface area contributed by atoms with Crippen LogP contribution in [0.2, 0.25) is 0 Å². The summed E-state index contributed by atoms with van der Waals surface area (Å²) in [4.78, 5) is 14.2. The SMILES string of the molecule is CCc1cnc(CCNC(=NC)NCC(c2cccs2)N2CCCC2)s1. The van der Waals surface area contributed by atoms with E-state index in [4.69, 9.17) is 0 Å². The number of aromatic nitrogens is 1. The van der Waals surface area contributed by atoms with Crippen LogP contribution in [0.15, 0.2) is 28.7 Å². The molecule has 1 atom stereocenters. The second-order valence-electron chi connectivity index (χ2n) is 6.48. The third-order valence-corrected chi connectivity index (χ3v) is 6.90. The fourth-order valence-electron chi connectivity index (χ4n) is 3.27. The Labute approximate surface area is 164 Å². The van der Waals surface area contributed by atoms with Gasteiger partial charge in [-0.1, -0.05) is 13.0 Å². The highest BCUT2D eigenvalue weighted by atomic mass is 32.1. The number of aryl methyl sites for hydroxylation is 1. The monoisotopic (exact) mass is 391 g/mol. The highest BCUT2D eigenvalue weighted by molar-refractivity contribution is 7.11. The van der Waals surface area contributed by atoms with Crippen LogP contribution in [0.4, 0.5) is 0 Å². The zero-order chi connectivity index (χ0) is 18.2. The summed E-state index contributed by atoms with van der Waals surface area (Å²) >= 11 is 3.66. The summed E-state index contributed by atoms with van der Waals surface area (Å²) in [5, 5.41) is 10.3. The first-order valence-corrected chi connectivity index (χ1v) is 11.1. The molecule has 5 nitrogen and oxygen atoms in total. The van der Waals surface area contributed by atoms with Crippen molar-refractivity contribution in [1.82, 2.24) is 20.5 Å². The van der Waals surface area contributed by atoms with E-state index in [9.17, 15) is 0 Å². The Morgan fingerprint density at radius 1 is 1.35 bits per heavy atom. The largest absolute Gasteiger partial charge is 0.356 e. The fourth-order valence-corrected chi connectivity index (χ4v) is 5.00. The van der Waals surface area contributed by atoms with Crippen molar-refractivity contribution in [3.05, 3.63) is 38.5 Å². The number of nitrogens with one attached hydrogen (secondary N) is 2. The van der Waals surface area contributed by atoms with Gasteiger partial charge >= 0.3 is 0 Å². The standard InChI is InChI=1S/C19H29N5S2/c1-3-15-13-22-18(26-15)8-9-21-19(20-2)23-14-16(17-7-6-12-25-17)24-10-4-5-11-24/h6-7,12-13,16H,3-5,8-11,14H2,1-2H3,(H2,20,21,23). The number of nitrogens with zero attached hydrogens (tertiary/aromatic N) is 3. The van der Waals surface area contributed by atoms with Crippen LogP contribution < -0.4 is 10.6 Å². The summed E-state index contributed by atoms with van der Waals surface area (Å²) in [6.07, 6.45) is 6.61. The number of guanidine groups is 1. The first kappa shape index (κ1) is 19.3. The van der Waals surface area contributed by atoms with Crippen molar-refractivity contribution in [2.45, 2.75) is 38.6 Å². The fraction of sp³-hybridized carbons (Fsp3) is 0.579. The predicted molar refractivity (Wildman–Crippen MR) is 112 cm³/mol. The molecule has 0 bridgehead atoms. The number of thiazole rings is 1. The van der Waals surface area contributed by atoms with Gasteiger partial charge in [0.2, 0.25) is 0 Å². The average Bonchev–Trinajstić information content (AvgIpc) is 3.42. The lowest BCUT2D eigenvalue weighted by molar-refractivity contribution is 0.249. The first-order chi connectivity index (χ1) is 12.8. The molecule has 0 aliphatic carbocycles. The smallest absolute Gasteiger partial charge is 0.191 e. The molecule has 3 rings (SSSR count). The molecule has 1 unspecified atom stereocenters. The highest BCUT2D eigenvalue weighted by Crippen LogP contribution is 2.27. The summed E-state index contributed by atoms with van der Waals surface area (Å²) in [6, 6.07) is 4.83. The molecule has 1 aliphatic rings. The first-order valence-electron chi connectivity index (χ1n) is 9.45. The van der Waals surface area contributed by atoms with Crippen LogP contribution in [0.5, 0.6) is 0 Å². The van der Waals surface area contributed by atoms with Gasteiger partial charge in [0.05, 0.1) is 11.0 Å². The van der Waals surface area contributed by atoms with Gasteiger partial charge in [0, 0.05) is 42.5 Å². The van der Waals surface area contributed by atoms with Gasteiger partial charge < -0.3 is 10.6 Å². The van der Waals surface area contributed by atoms with Crippen molar-refractivity contribution in [1.29, 1.82) is 0 Å². The third-order valence-electron chi connectivity index (χ3n) is 4.72. The van der Waals surface area contributed by atoms with Gasteiger partial charge in [0.25, 0.3) is 0 Å². The molecule has 3 heterocycles. The van der Waals surface area contributed by atoms with E-state index in [2.05, 4.69) is 49.9 Å². The average molecular weight is 392 g/mol. The lowest BCUT2D eigenvalue weighted by atomic mass is 10.2. The van der Waals surface area contributed by atoms with E-state index in [0.717, 1.165) is 31.9 Å². The van der Waals surface area contributed by atoms with Crippen molar-refractivity contribution >= 4 is 28.6 Å². The molecule has 0 aromatic carbocycles. The molecule has 1 fully saturated rings. The number of likely N-dealkylation sites (tertiary alicyclic amines) is 1. The van der Waals surface area contributed by atoms with E-state index in [-0.39, 0.29) is 0 Å². The number of thiophene rings is 1. The molecule has 7 heteroatoms. The predicted octanol–water partition coefficient (Wildman–Crippen LogP) is 3.31. The van der Waals surface area contributed by atoms with Crippen molar-refractivity contribution in [3.8, 4) is 0 Å². The van der Waals surface area contributed by atoms with Crippen molar-refractivity contribution in [3.63, 3.8) is 0 Å². The van der Waals surface area contributed by atoms with E-state index >= 15 is 0 Å². The van der Waals surface area contributed by atoms with E-state index in [1.165, 1.54) is 40.7 Å². The minimum Gasteiger partial charge on any atom is -0.356 e. The van der Waals surface area contributed by atoms with Crippen molar-refractivity contribution in [2.75, 3.05) is 33.2 Å². The summed E-state index contributed by atoms with van der Waals surface area (Å²) < 4.78 is 0. The molecule has 2 N–H and O–H groups in total. The van der Waals surface area contributed by atoms with E-state index in [1.54, 1.807) is 0 Å². The van der Waals surface area contributed by atoms with E-state index < -0.39 is 0 Å². The minimum atomic E-state index is 0.433. The molecule has 142 valence electrons. The zero-order valence-electron chi connectivity index (χ0n) is 15.7. The van der Waals surface area contributed by atoms with Crippen molar-refractivity contribution in [2.24, 2.45) is 4.99 Å². The van der Waals surface area contributed by atoms with Crippen LogP contribution in [0.25, 0.3) is 0 Å². The number of aliphatic imine (C=N–C) groups is 1. The lowest BCUT2D eigenvalue weighted by Gasteiger charge is -2.27. The minimum absolute atomic E-state index is 0.433. The number of rotatable bonds is 8. The van der Waals surface area contributed by atoms with Gasteiger partial charge in [-0.3, -0.25) is 9.89 Å². The quantitative estimate of drug-likeness (QED) is 0.535. The molecule has 1 saturated heterocycles. The second kappa shape index (κ2) is 10.0. The second-order valence-corrected chi connectivity index (χ2v) is 8.66. The molecule has 1 aliphatic heterocycles. The van der Waals surface area contributed by atoms with Gasteiger partial charge in [-0.2, -0.15) is 0 Å². The van der Waals surface area contributed by atoms with Crippen LogP contribution in [0, 0.1) is 0 Å². The van der Waals surface area contributed by atoms with Gasteiger partial charge in [0.1, 0.15) is 0 Å². The van der Waals surface area contributed by atoms with Gasteiger partial charge in [0.15, 0.2) is 5.96 Å². The molecular formula is C19H29N5S2. The molecule has 0 saturated carbocycles. The zero-order valence-corrected chi connectivity index (χ0v) is 17.3. The molecule has 0 spiro atoms. The molecule has 0 radical (unpaired) electrons. The van der Waals surface area contributed by atoms with Crippen LogP contribution in [-0.4, -0.2) is 49.1 Å². The molecule has 2 aromatic heterocycles. The summed E-state index contributed by atoms with van der Waals surface area (Å²) in [7, 11) is 1.84. The maximum absolute atomic E-state index is 4.48. The Bertz CT molecular complexity index is 674. The Morgan fingerprint density at radius 3 is 2.85 bits per heavy atom. The normalized spacial score (nSPS) is 16.8. The maximum Gasteiger partial charge on any atom is 0.191 e. The third kappa shape index (κ3) is 5.28. The maximum atomic E-state index is 4.48.